The van der Waals surface area contributed by atoms with Crippen LogP contribution in [0.5, 0.6) is 0 Å². The van der Waals surface area contributed by atoms with Gasteiger partial charge in [-0.25, -0.2) is 0 Å². The molecule has 2 aromatic rings. The monoisotopic (exact) mass is 305 g/mol. The van der Waals surface area contributed by atoms with Crippen molar-refractivity contribution in [1.29, 1.82) is 0 Å². The molecule has 21 heavy (non-hydrogen) atoms. The predicted octanol–water partition coefficient (Wildman–Crippen LogP) is 3.36. The lowest BCUT2D eigenvalue weighted by molar-refractivity contribution is -0.384. The number of anilines is 1. The van der Waals surface area contributed by atoms with Crippen LogP contribution < -0.4 is 11.1 Å². The quantitative estimate of drug-likeness (QED) is 0.633. The molecule has 5 nitrogen and oxygen atoms in total. The van der Waals surface area contributed by atoms with Crippen molar-refractivity contribution in [3.8, 4) is 0 Å². The first-order valence-corrected chi connectivity index (χ1v) is 6.93. The normalized spacial score (nSPS) is 10.4. The van der Waals surface area contributed by atoms with Crippen molar-refractivity contribution in [2.45, 2.75) is 13.0 Å². The molecule has 3 N–H and O–H groups in total. The molecule has 2 rings (SSSR count). The lowest BCUT2D eigenvalue weighted by Gasteiger charge is -2.09. The molecule has 0 saturated heterocycles. The van der Waals surface area contributed by atoms with Gasteiger partial charge in [0.2, 0.25) is 0 Å². The van der Waals surface area contributed by atoms with Crippen LogP contribution >= 0.6 is 11.6 Å². The first-order chi connectivity index (χ1) is 10.1. The van der Waals surface area contributed by atoms with Crippen LogP contribution in [0.25, 0.3) is 0 Å². The number of non-ortho nitro benzene ring substituents is 1. The molecular weight excluding hydrogens is 290 g/mol. The summed E-state index contributed by atoms with van der Waals surface area (Å²) in [4.78, 5) is 10.2. The van der Waals surface area contributed by atoms with E-state index in [-0.39, 0.29) is 5.69 Å². The fraction of sp³-hybridized carbons (Fsp3) is 0.200. The van der Waals surface area contributed by atoms with Crippen molar-refractivity contribution in [1.82, 2.24) is 0 Å². The van der Waals surface area contributed by atoms with Gasteiger partial charge in [-0.3, -0.25) is 10.1 Å². The van der Waals surface area contributed by atoms with Crippen LogP contribution in [0, 0.1) is 10.1 Å². The van der Waals surface area contributed by atoms with E-state index >= 15 is 0 Å². The molecular formula is C15H16ClN3O2. The fourth-order valence-corrected chi connectivity index (χ4v) is 2.19. The van der Waals surface area contributed by atoms with E-state index in [9.17, 15) is 10.1 Å². The van der Waals surface area contributed by atoms with Gasteiger partial charge in [-0.05, 0) is 30.2 Å². The maximum atomic E-state index is 10.6. The number of nitrogens with two attached hydrogens (primary N) is 1. The third-order valence-corrected chi connectivity index (χ3v) is 3.42. The smallest absolute Gasteiger partial charge is 0.271 e. The average Bonchev–Trinajstić information content (AvgIpc) is 2.47. The zero-order valence-electron chi connectivity index (χ0n) is 11.4. The lowest BCUT2D eigenvalue weighted by Crippen LogP contribution is -2.03. The van der Waals surface area contributed by atoms with E-state index in [0.717, 1.165) is 12.0 Å². The molecule has 0 aliphatic rings. The molecule has 0 aliphatic carbocycles. The summed E-state index contributed by atoms with van der Waals surface area (Å²) in [5, 5.41) is 14.2. The van der Waals surface area contributed by atoms with Crippen LogP contribution in [0.15, 0.2) is 42.5 Å². The number of nitrogens with zero attached hydrogens (tertiary/aromatic N) is 1. The van der Waals surface area contributed by atoms with Crippen molar-refractivity contribution in [2.24, 2.45) is 5.73 Å². The Kier molecular flexibility index (Phi) is 5.14. The van der Waals surface area contributed by atoms with E-state index in [1.807, 2.05) is 24.3 Å². The summed E-state index contributed by atoms with van der Waals surface area (Å²) in [6.45, 7) is 1.23. The van der Waals surface area contributed by atoms with Crippen molar-refractivity contribution in [3.63, 3.8) is 0 Å². The highest BCUT2D eigenvalue weighted by molar-refractivity contribution is 6.33. The number of hydrogen-bond donors (Lipinski definition) is 2. The summed E-state index contributed by atoms with van der Waals surface area (Å²) in [6, 6.07) is 12.5. The van der Waals surface area contributed by atoms with E-state index in [1.54, 1.807) is 6.07 Å². The van der Waals surface area contributed by atoms with Gasteiger partial charge >= 0.3 is 0 Å². The van der Waals surface area contributed by atoms with E-state index < -0.39 is 4.92 Å². The lowest BCUT2D eigenvalue weighted by atomic mass is 10.1. The molecule has 0 atom stereocenters. The Morgan fingerprint density at radius 3 is 2.38 bits per heavy atom. The highest BCUT2D eigenvalue weighted by atomic mass is 35.5. The standard InChI is InChI=1S/C15H16ClN3O2/c16-14-9-13(19(20)21)5-6-15(14)18-10-12-3-1-11(2-4-12)7-8-17/h1-6,9,18H,7-8,10,17H2. The Bertz CT molecular complexity index is 629. The molecule has 6 heteroatoms. The molecule has 0 saturated carbocycles. The fourth-order valence-electron chi connectivity index (χ4n) is 1.95. The maximum absolute atomic E-state index is 10.6. The summed E-state index contributed by atoms with van der Waals surface area (Å²) < 4.78 is 0. The number of hydrogen-bond acceptors (Lipinski definition) is 4. The van der Waals surface area contributed by atoms with Gasteiger partial charge in [0.05, 0.1) is 15.6 Å². The predicted molar refractivity (Wildman–Crippen MR) is 84.6 cm³/mol. The van der Waals surface area contributed by atoms with Gasteiger partial charge in [0, 0.05) is 18.7 Å². The molecule has 0 amide bonds. The summed E-state index contributed by atoms with van der Waals surface area (Å²) in [6.07, 6.45) is 0.863. The van der Waals surface area contributed by atoms with Gasteiger partial charge < -0.3 is 11.1 Å². The topological polar surface area (TPSA) is 81.2 Å². The van der Waals surface area contributed by atoms with Crippen molar-refractivity contribution >= 4 is 23.0 Å². The number of rotatable bonds is 6. The van der Waals surface area contributed by atoms with Gasteiger partial charge in [-0.1, -0.05) is 35.9 Å². The van der Waals surface area contributed by atoms with Crippen LogP contribution in [0.1, 0.15) is 11.1 Å². The van der Waals surface area contributed by atoms with Gasteiger partial charge in [0.25, 0.3) is 5.69 Å². The zero-order chi connectivity index (χ0) is 15.2. The Morgan fingerprint density at radius 2 is 1.81 bits per heavy atom. The van der Waals surface area contributed by atoms with E-state index in [2.05, 4.69) is 5.32 Å². The second-order valence-corrected chi connectivity index (χ2v) is 5.04. The number of nitrogens with one attached hydrogen (secondary N) is 1. The van der Waals surface area contributed by atoms with Crippen molar-refractivity contribution < 1.29 is 4.92 Å². The molecule has 110 valence electrons. The molecule has 2 aromatic carbocycles. The summed E-state index contributed by atoms with van der Waals surface area (Å²) in [5.74, 6) is 0. The Labute approximate surface area is 127 Å². The SMILES string of the molecule is NCCc1ccc(CNc2ccc([N+](=O)[O-])cc2Cl)cc1. The molecule has 0 spiro atoms. The third kappa shape index (κ3) is 4.18. The van der Waals surface area contributed by atoms with Crippen LogP contribution in [-0.4, -0.2) is 11.5 Å². The highest BCUT2D eigenvalue weighted by Crippen LogP contribution is 2.27. The molecule has 0 aliphatic heterocycles. The minimum Gasteiger partial charge on any atom is -0.380 e. The van der Waals surface area contributed by atoms with Gasteiger partial charge in [-0.15, -0.1) is 0 Å². The maximum Gasteiger partial charge on any atom is 0.271 e. The molecule has 0 heterocycles. The Hall–Kier alpha value is -2.11. The zero-order valence-corrected chi connectivity index (χ0v) is 12.1. The van der Waals surface area contributed by atoms with Crippen LogP contribution in [0.4, 0.5) is 11.4 Å². The Morgan fingerprint density at radius 1 is 1.14 bits per heavy atom. The third-order valence-electron chi connectivity index (χ3n) is 3.10. The summed E-state index contributed by atoms with van der Waals surface area (Å²) in [7, 11) is 0. The van der Waals surface area contributed by atoms with Gasteiger partial charge in [0.1, 0.15) is 0 Å². The summed E-state index contributed by atoms with van der Waals surface area (Å²) >= 11 is 6.03. The van der Waals surface area contributed by atoms with Crippen molar-refractivity contribution in [2.75, 3.05) is 11.9 Å². The minimum absolute atomic E-state index is 0.0170. The molecule has 0 fully saturated rings. The number of nitro benzene ring substituents is 1. The van der Waals surface area contributed by atoms with E-state index in [4.69, 9.17) is 17.3 Å². The van der Waals surface area contributed by atoms with Crippen LogP contribution in [0.2, 0.25) is 5.02 Å². The summed E-state index contributed by atoms with van der Waals surface area (Å²) in [5.41, 5.74) is 8.47. The van der Waals surface area contributed by atoms with Crippen molar-refractivity contribution in [3.05, 3.63) is 68.7 Å². The molecule has 0 radical (unpaired) electrons. The highest BCUT2D eigenvalue weighted by Gasteiger charge is 2.09. The molecule has 0 unspecified atom stereocenters. The van der Waals surface area contributed by atoms with E-state index in [1.165, 1.54) is 17.7 Å². The van der Waals surface area contributed by atoms with Crippen LogP contribution in [0.3, 0.4) is 0 Å². The van der Waals surface area contributed by atoms with E-state index in [0.29, 0.717) is 23.8 Å². The second kappa shape index (κ2) is 7.06. The van der Waals surface area contributed by atoms with Gasteiger partial charge in [-0.2, -0.15) is 0 Å². The minimum atomic E-state index is -0.466. The second-order valence-electron chi connectivity index (χ2n) is 4.63. The number of halogens is 1. The first kappa shape index (κ1) is 15.3. The average molecular weight is 306 g/mol. The van der Waals surface area contributed by atoms with Gasteiger partial charge in [0.15, 0.2) is 0 Å². The number of nitro groups is 1. The largest absolute Gasteiger partial charge is 0.380 e. The molecule has 0 bridgehead atoms. The Balaban J connectivity index is 2.01. The number of benzene rings is 2. The first-order valence-electron chi connectivity index (χ1n) is 6.56. The van der Waals surface area contributed by atoms with Crippen LogP contribution in [-0.2, 0) is 13.0 Å². The molecule has 0 aromatic heterocycles.